The number of hydrogen-bond acceptors (Lipinski definition) is 1. The molecular weight excluding hydrogens is 186 g/mol. The van der Waals surface area contributed by atoms with Gasteiger partial charge >= 0.3 is 0 Å². The van der Waals surface area contributed by atoms with E-state index in [1.807, 2.05) is 6.07 Å². The zero-order chi connectivity index (χ0) is 10.3. The van der Waals surface area contributed by atoms with Crippen molar-refractivity contribution in [3.05, 3.63) is 41.0 Å². The maximum atomic E-state index is 11.4. The summed E-state index contributed by atoms with van der Waals surface area (Å²) in [7, 11) is 0. The predicted octanol–water partition coefficient (Wildman–Crippen LogP) is 2.25. The van der Waals surface area contributed by atoms with Gasteiger partial charge in [-0.2, -0.15) is 0 Å². The Morgan fingerprint density at radius 2 is 1.80 bits per heavy atom. The Hall–Kier alpha value is -1.57. The van der Waals surface area contributed by atoms with Gasteiger partial charge in [-0.3, -0.25) is 4.79 Å². The standard InChI is InChI=1S/C13H13NO/c15-12-8-7-10-6-5-9-3-1-2-4-11(9)13(10)14-12/h1-4H,5-8H2,(H,14,15). The van der Waals surface area contributed by atoms with Crippen LogP contribution in [0.5, 0.6) is 0 Å². The number of benzene rings is 1. The Labute approximate surface area is 89.0 Å². The number of carbonyl (C=O) groups excluding carboxylic acids is 1. The van der Waals surface area contributed by atoms with Gasteiger partial charge in [0.25, 0.3) is 0 Å². The summed E-state index contributed by atoms with van der Waals surface area (Å²) in [4.78, 5) is 11.4. The lowest BCUT2D eigenvalue weighted by molar-refractivity contribution is -0.120. The third-order valence-corrected chi connectivity index (χ3v) is 3.25. The van der Waals surface area contributed by atoms with Crippen LogP contribution in [0.25, 0.3) is 5.70 Å². The average Bonchev–Trinajstić information content (AvgIpc) is 2.29. The van der Waals surface area contributed by atoms with Crippen LogP contribution in [0.3, 0.4) is 0 Å². The summed E-state index contributed by atoms with van der Waals surface area (Å²) >= 11 is 0. The number of aryl methyl sites for hydroxylation is 1. The molecule has 1 amide bonds. The number of hydrogen-bond donors (Lipinski definition) is 1. The lowest BCUT2D eigenvalue weighted by atomic mass is 9.85. The Balaban J connectivity index is 2.13. The van der Waals surface area contributed by atoms with E-state index in [-0.39, 0.29) is 5.91 Å². The predicted molar refractivity (Wildman–Crippen MR) is 59.1 cm³/mol. The molecule has 0 radical (unpaired) electrons. The maximum Gasteiger partial charge on any atom is 0.224 e. The Kier molecular flexibility index (Phi) is 1.88. The van der Waals surface area contributed by atoms with Crippen LogP contribution in [-0.2, 0) is 11.2 Å². The molecule has 0 saturated heterocycles. The van der Waals surface area contributed by atoms with Crippen molar-refractivity contribution in [2.45, 2.75) is 25.7 Å². The van der Waals surface area contributed by atoms with E-state index in [4.69, 9.17) is 0 Å². The average molecular weight is 199 g/mol. The van der Waals surface area contributed by atoms with Crippen LogP contribution in [0.1, 0.15) is 30.4 Å². The molecule has 1 N–H and O–H groups in total. The van der Waals surface area contributed by atoms with Crippen molar-refractivity contribution in [1.29, 1.82) is 0 Å². The molecule has 1 aliphatic carbocycles. The van der Waals surface area contributed by atoms with Gasteiger partial charge in [-0.25, -0.2) is 0 Å². The van der Waals surface area contributed by atoms with E-state index < -0.39 is 0 Å². The number of nitrogens with one attached hydrogen (secondary N) is 1. The van der Waals surface area contributed by atoms with Gasteiger partial charge in [-0.1, -0.05) is 24.3 Å². The summed E-state index contributed by atoms with van der Waals surface area (Å²) in [5.41, 5.74) is 5.10. The van der Waals surface area contributed by atoms with Crippen LogP contribution in [0, 0.1) is 0 Å². The van der Waals surface area contributed by atoms with Gasteiger partial charge in [0.2, 0.25) is 5.91 Å². The largest absolute Gasteiger partial charge is 0.326 e. The maximum absolute atomic E-state index is 11.4. The fourth-order valence-corrected chi connectivity index (χ4v) is 2.46. The van der Waals surface area contributed by atoms with Crippen LogP contribution in [0.2, 0.25) is 0 Å². The lowest BCUT2D eigenvalue weighted by Crippen LogP contribution is -2.29. The molecule has 1 aromatic rings. The van der Waals surface area contributed by atoms with Crippen molar-refractivity contribution in [2.24, 2.45) is 0 Å². The van der Waals surface area contributed by atoms with Crippen LogP contribution in [-0.4, -0.2) is 5.91 Å². The quantitative estimate of drug-likeness (QED) is 0.682. The summed E-state index contributed by atoms with van der Waals surface area (Å²) in [6.45, 7) is 0. The van der Waals surface area contributed by atoms with Crippen molar-refractivity contribution < 1.29 is 4.79 Å². The summed E-state index contributed by atoms with van der Waals surface area (Å²) < 4.78 is 0. The number of allylic oxidation sites excluding steroid dienone is 1. The van der Waals surface area contributed by atoms with E-state index in [1.54, 1.807) is 0 Å². The highest BCUT2D eigenvalue weighted by Gasteiger charge is 2.23. The van der Waals surface area contributed by atoms with Crippen molar-refractivity contribution >= 4 is 11.6 Å². The van der Waals surface area contributed by atoms with Crippen LogP contribution in [0.4, 0.5) is 0 Å². The third-order valence-electron chi connectivity index (χ3n) is 3.25. The van der Waals surface area contributed by atoms with Gasteiger partial charge in [-0.05, 0) is 30.4 Å². The summed E-state index contributed by atoms with van der Waals surface area (Å²) in [5.74, 6) is 0.158. The van der Waals surface area contributed by atoms with E-state index in [0.29, 0.717) is 6.42 Å². The monoisotopic (exact) mass is 199 g/mol. The fraction of sp³-hybridized carbons (Fsp3) is 0.308. The second kappa shape index (κ2) is 3.23. The number of rotatable bonds is 0. The second-order valence-corrected chi connectivity index (χ2v) is 4.18. The van der Waals surface area contributed by atoms with E-state index in [2.05, 4.69) is 23.5 Å². The normalized spacial score (nSPS) is 19.3. The third kappa shape index (κ3) is 1.37. The molecule has 2 heteroatoms. The second-order valence-electron chi connectivity index (χ2n) is 4.18. The van der Waals surface area contributed by atoms with Gasteiger partial charge in [0, 0.05) is 17.7 Å². The highest BCUT2D eigenvalue weighted by Crippen LogP contribution is 2.33. The molecule has 0 fully saturated rings. The molecule has 0 atom stereocenters. The number of fused-ring (bicyclic) bond motifs is 2. The molecule has 2 nitrogen and oxygen atoms in total. The van der Waals surface area contributed by atoms with Gasteiger partial charge in [-0.15, -0.1) is 0 Å². The first-order chi connectivity index (χ1) is 7.34. The molecule has 0 saturated carbocycles. The molecule has 1 heterocycles. The van der Waals surface area contributed by atoms with E-state index in [9.17, 15) is 4.79 Å². The fourth-order valence-electron chi connectivity index (χ4n) is 2.46. The van der Waals surface area contributed by atoms with Crippen molar-refractivity contribution in [3.8, 4) is 0 Å². The van der Waals surface area contributed by atoms with E-state index in [0.717, 1.165) is 25.0 Å². The number of carbonyl (C=O) groups is 1. The molecule has 0 bridgehead atoms. The molecule has 3 rings (SSSR count). The topological polar surface area (TPSA) is 29.1 Å². The van der Waals surface area contributed by atoms with Gasteiger partial charge in [0.05, 0.1) is 0 Å². The first kappa shape index (κ1) is 8.72. The van der Waals surface area contributed by atoms with Crippen LogP contribution < -0.4 is 5.32 Å². The first-order valence-corrected chi connectivity index (χ1v) is 5.45. The smallest absolute Gasteiger partial charge is 0.224 e. The van der Waals surface area contributed by atoms with Gasteiger partial charge < -0.3 is 5.32 Å². The number of amides is 1. The highest BCUT2D eigenvalue weighted by molar-refractivity contribution is 5.91. The lowest BCUT2D eigenvalue weighted by Gasteiger charge is -2.27. The molecule has 1 aromatic carbocycles. The van der Waals surface area contributed by atoms with Crippen LogP contribution in [0.15, 0.2) is 29.8 Å². The highest BCUT2D eigenvalue weighted by atomic mass is 16.1. The van der Waals surface area contributed by atoms with Crippen molar-refractivity contribution in [3.63, 3.8) is 0 Å². The molecule has 0 spiro atoms. The van der Waals surface area contributed by atoms with Gasteiger partial charge in [0.15, 0.2) is 0 Å². The van der Waals surface area contributed by atoms with Crippen molar-refractivity contribution in [1.82, 2.24) is 5.32 Å². The van der Waals surface area contributed by atoms with E-state index >= 15 is 0 Å². The first-order valence-electron chi connectivity index (χ1n) is 5.45. The van der Waals surface area contributed by atoms with Gasteiger partial charge in [0.1, 0.15) is 0 Å². The Morgan fingerprint density at radius 1 is 1.00 bits per heavy atom. The molecule has 0 aromatic heterocycles. The van der Waals surface area contributed by atoms with E-state index in [1.165, 1.54) is 16.7 Å². The minimum atomic E-state index is 0.158. The Morgan fingerprint density at radius 3 is 2.73 bits per heavy atom. The summed E-state index contributed by atoms with van der Waals surface area (Å²) in [6, 6.07) is 8.36. The Bertz CT molecular complexity index is 459. The summed E-state index contributed by atoms with van der Waals surface area (Å²) in [5, 5.41) is 3.02. The SMILES string of the molecule is O=C1CCC2=C(N1)c1ccccc1CC2. The molecule has 1 aliphatic heterocycles. The minimum Gasteiger partial charge on any atom is -0.326 e. The molecule has 0 unspecified atom stereocenters. The molecule has 76 valence electrons. The molecular formula is C13H13NO. The zero-order valence-electron chi connectivity index (χ0n) is 8.55. The molecule has 15 heavy (non-hydrogen) atoms. The minimum absolute atomic E-state index is 0.158. The summed E-state index contributed by atoms with van der Waals surface area (Å²) in [6.07, 6.45) is 3.81. The molecule has 2 aliphatic rings. The van der Waals surface area contributed by atoms with Crippen LogP contribution >= 0.6 is 0 Å². The van der Waals surface area contributed by atoms with Crippen molar-refractivity contribution in [2.75, 3.05) is 0 Å². The zero-order valence-corrected chi connectivity index (χ0v) is 8.55.